The van der Waals surface area contributed by atoms with Gasteiger partial charge >= 0.3 is 18.1 Å². The molecule has 0 bridgehead atoms. The van der Waals surface area contributed by atoms with Crippen molar-refractivity contribution < 1.29 is 33.0 Å². The summed E-state index contributed by atoms with van der Waals surface area (Å²) in [5, 5.41) is 16.2. The maximum absolute atomic E-state index is 11.6. The predicted octanol–water partition coefficient (Wildman–Crippen LogP) is 1.03. The van der Waals surface area contributed by atoms with Crippen LogP contribution in [0.4, 0.5) is 13.2 Å². The number of carboxylic acid groups (broad SMARTS) is 2. The van der Waals surface area contributed by atoms with E-state index in [4.69, 9.17) is 10.2 Å². The molecule has 0 unspecified atom stereocenters. The molecule has 0 aliphatic rings. The number of carboxylic acids is 2. The van der Waals surface area contributed by atoms with Gasteiger partial charge in [-0.15, -0.1) is 0 Å². The van der Waals surface area contributed by atoms with E-state index in [0.29, 0.717) is 0 Å². The van der Waals surface area contributed by atoms with Crippen molar-refractivity contribution in [2.75, 3.05) is 0 Å². The summed E-state index contributed by atoms with van der Waals surface area (Å²) in [6.07, 6.45) is -6.45. The summed E-state index contributed by atoms with van der Waals surface area (Å²) < 4.78 is 34.9. The van der Waals surface area contributed by atoms with Gasteiger partial charge in [-0.25, -0.2) is 9.59 Å². The van der Waals surface area contributed by atoms with Crippen LogP contribution in [0.15, 0.2) is 11.6 Å². The van der Waals surface area contributed by atoms with E-state index in [1.807, 2.05) is 0 Å². The predicted molar refractivity (Wildman–Crippen MR) is 34.0 cm³/mol. The lowest BCUT2D eigenvalue weighted by molar-refractivity contribution is -0.143. The maximum atomic E-state index is 11.6. The van der Waals surface area contributed by atoms with Crippen LogP contribution in [0, 0.1) is 0 Å². The number of alkyl halides is 3. The van der Waals surface area contributed by atoms with Gasteiger partial charge in [-0.1, -0.05) is 0 Å². The molecule has 0 aliphatic carbocycles. The first-order valence-electron chi connectivity index (χ1n) is 2.96. The van der Waals surface area contributed by atoms with Crippen LogP contribution < -0.4 is 0 Å². The average molecular weight is 198 g/mol. The topological polar surface area (TPSA) is 74.6 Å². The van der Waals surface area contributed by atoms with Gasteiger partial charge in [0.05, 0.1) is 12.0 Å². The SMILES string of the molecule is O=C(O)C=C(CC(F)(F)F)C(=O)O. The van der Waals surface area contributed by atoms with E-state index in [0.717, 1.165) is 0 Å². The third kappa shape index (κ3) is 5.71. The van der Waals surface area contributed by atoms with Crippen molar-refractivity contribution in [3.63, 3.8) is 0 Å². The number of halogens is 3. The number of aliphatic carboxylic acids is 2. The number of rotatable bonds is 3. The van der Waals surface area contributed by atoms with E-state index in [9.17, 15) is 22.8 Å². The lowest BCUT2D eigenvalue weighted by atomic mass is 10.2. The van der Waals surface area contributed by atoms with Crippen LogP contribution >= 0.6 is 0 Å². The van der Waals surface area contributed by atoms with Gasteiger partial charge in [0.2, 0.25) is 0 Å². The van der Waals surface area contributed by atoms with Gasteiger partial charge in [-0.3, -0.25) is 0 Å². The first-order valence-corrected chi connectivity index (χ1v) is 2.96. The van der Waals surface area contributed by atoms with Gasteiger partial charge < -0.3 is 10.2 Å². The summed E-state index contributed by atoms with van der Waals surface area (Å²) in [6, 6.07) is 0. The van der Waals surface area contributed by atoms with Crippen molar-refractivity contribution >= 4 is 11.9 Å². The standard InChI is InChI=1S/C6H5F3O4/c7-6(8,9)2-3(5(12)13)1-4(10)11/h1H,2H2,(H,10,11)(H,12,13). The monoisotopic (exact) mass is 198 g/mol. The Bertz CT molecular complexity index is 253. The van der Waals surface area contributed by atoms with Crippen molar-refractivity contribution in [3.05, 3.63) is 11.6 Å². The average Bonchev–Trinajstić information content (AvgIpc) is 1.81. The molecule has 4 nitrogen and oxygen atoms in total. The summed E-state index contributed by atoms with van der Waals surface area (Å²) in [5.74, 6) is -3.61. The summed E-state index contributed by atoms with van der Waals surface area (Å²) in [7, 11) is 0. The third-order valence-corrected chi connectivity index (χ3v) is 0.963. The fraction of sp³-hybridized carbons (Fsp3) is 0.333. The van der Waals surface area contributed by atoms with Crippen LogP contribution in [-0.2, 0) is 9.59 Å². The van der Waals surface area contributed by atoms with Crippen molar-refractivity contribution in [2.45, 2.75) is 12.6 Å². The highest BCUT2D eigenvalue weighted by atomic mass is 19.4. The number of hydrogen-bond acceptors (Lipinski definition) is 2. The fourth-order valence-corrected chi connectivity index (χ4v) is 0.553. The fourth-order valence-electron chi connectivity index (χ4n) is 0.553. The summed E-state index contributed by atoms with van der Waals surface area (Å²) >= 11 is 0. The first kappa shape index (κ1) is 11.5. The molecule has 0 aromatic carbocycles. The zero-order chi connectivity index (χ0) is 10.6. The molecular formula is C6H5F3O4. The highest BCUT2D eigenvalue weighted by molar-refractivity contribution is 5.94. The molecule has 0 aromatic heterocycles. The second-order valence-electron chi connectivity index (χ2n) is 2.10. The highest BCUT2D eigenvalue weighted by Crippen LogP contribution is 2.24. The molecule has 2 N–H and O–H groups in total. The molecule has 0 aromatic rings. The number of hydrogen-bond donors (Lipinski definition) is 2. The van der Waals surface area contributed by atoms with E-state index in [2.05, 4.69) is 0 Å². The smallest absolute Gasteiger partial charge is 0.393 e. The lowest BCUT2D eigenvalue weighted by Crippen LogP contribution is -2.14. The van der Waals surface area contributed by atoms with Gasteiger partial charge in [0.25, 0.3) is 0 Å². The first-order chi connectivity index (χ1) is 5.72. The van der Waals surface area contributed by atoms with Crippen LogP contribution in [0.5, 0.6) is 0 Å². The molecule has 0 amide bonds. The van der Waals surface area contributed by atoms with Crippen LogP contribution in [0.2, 0.25) is 0 Å². The van der Waals surface area contributed by atoms with Gasteiger partial charge in [0, 0.05) is 6.08 Å². The lowest BCUT2D eigenvalue weighted by Gasteiger charge is -2.05. The van der Waals surface area contributed by atoms with Crippen molar-refractivity contribution in [1.29, 1.82) is 0 Å². The molecule has 0 saturated heterocycles. The Labute approximate surface area is 70.3 Å². The molecule has 0 radical (unpaired) electrons. The van der Waals surface area contributed by atoms with Crippen molar-refractivity contribution in [1.82, 2.24) is 0 Å². The van der Waals surface area contributed by atoms with Crippen molar-refractivity contribution in [3.8, 4) is 0 Å². The molecule has 0 spiro atoms. The highest BCUT2D eigenvalue weighted by Gasteiger charge is 2.31. The molecule has 0 rings (SSSR count). The molecular weight excluding hydrogens is 193 g/mol. The minimum atomic E-state index is -4.72. The molecule has 0 fully saturated rings. The second kappa shape index (κ2) is 3.92. The second-order valence-corrected chi connectivity index (χ2v) is 2.10. The molecule has 0 saturated carbocycles. The van der Waals surface area contributed by atoms with Crippen LogP contribution in [0.25, 0.3) is 0 Å². The van der Waals surface area contributed by atoms with Gasteiger partial charge in [0.1, 0.15) is 0 Å². The zero-order valence-electron chi connectivity index (χ0n) is 6.13. The molecule has 7 heteroatoms. The Hall–Kier alpha value is -1.53. The Balaban J connectivity index is 4.65. The summed E-state index contributed by atoms with van der Waals surface area (Å²) in [6.45, 7) is 0. The van der Waals surface area contributed by atoms with E-state index >= 15 is 0 Å². The van der Waals surface area contributed by atoms with Crippen LogP contribution in [0.1, 0.15) is 6.42 Å². The van der Waals surface area contributed by atoms with Crippen LogP contribution in [0.3, 0.4) is 0 Å². The summed E-state index contributed by atoms with van der Waals surface area (Å²) in [4.78, 5) is 20.0. The van der Waals surface area contributed by atoms with E-state index < -0.39 is 30.1 Å². The Kier molecular flexibility index (Phi) is 3.46. The van der Waals surface area contributed by atoms with E-state index in [-0.39, 0.29) is 6.08 Å². The van der Waals surface area contributed by atoms with Crippen LogP contribution in [-0.4, -0.2) is 28.3 Å². The summed E-state index contributed by atoms with van der Waals surface area (Å²) in [5.41, 5.74) is -1.19. The minimum Gasteiger partial charge on any atom is -0.478 e. The molecule has 13 heavy (non-hydrogen) atoms. The molecule has 0 atom stereocenters. The minimum absolute atomic E-state index is 0.0236. The maximum Gasteiger partial charge on any atom is 0.393 e. The molecule has 0 heterocycles. The molecule has 74 valence electrons. The van der Waals surface area contributed by atoms with Gasteiger partial charge in [-0.2, -0.15) is 13.2 Å². The normalized spacial score (nSPS) is 12.7. The van der Waals surface area contributed by atoms with E-state index in [1.165, 1.54) is 0 Å². The number of carbonyl (C=O) groups is 2. The Morgan fingerprint density at radius 1 is 1.23 bits per heavy atom. The molecule has 0 aliphatic heterocycles. The van der Waals surface area contributed by atoms with Gasteiger partial charge in [0.15, 0.2) is 0 Å². The van der Waals surface area contributed by atoms with Crippen molar-refractivity contribution in [2.24, 2.45) is 0 Å². The Morgan fingerprint density at radius 3 is 1.92 bits per heavy atom. The third-order valence-electron chi connectivity index (χ3n) is 0.963. The van der Waals surface area contributed by atoms with Gasteiger partial charge in [-0.05, 0) is 0 Å². The Morgan fingerprint density at radius 2 is 1.69 bits per heavy atom. The zero-order valence-corrected chi connectivity index (χ0v) is 6.13. The van der Waals surface area contributed by atoms with E-state index in [1.54, 1.807) is 0 Å². The quantitative estimate of drug-likeness (QED) is 0.664. The largest absolute Gasteiger partial charge is 0.478 e.